The Bertz CT molecular complexity index is 1030. The highest BCUT2D eigenvalue weighted by molar-refractivity contribution is 9.09. The fourth-order valence-electron chi connectivity index (χ4n) is 2.56. The number of thiazole rings is 1. The molecule has 3 nitrogen and oxygen atoms in total. The van der Waals surface area contributed by atoms with E-state index in [4.69, 9.17) is 4.42 Å². The minimum absolute atomic E-state index is 0.340. The van der Waals surface area contributed by atoms with Crippen LogP contribution in [0.5, 0.6) is 0 Å². The summed E-state index contributed by atoms with van der Waals surface area (Å²) < 4.78 is 6.59. The van der Waals surface area contributed by atoms with Gasteiger partial charge in [-0.25, -0.2) is 9.78 Å². The van der Waals surface area contributed by atoms with E-state index in [0.29, 0.717) is 16.2 Å². The molecule has 0 aliphatic carbocycles. The van der Waals surface area contributed by atoms with Crippen LogP contribution in [0.2, 0.25) is 0 Å². The number of aromatic nitrogens is 1. The van der Waals surface area contributed by atoms with E-state index in [1.54, 1.807) is 0 Å². The number of hydrogen-bond donors (Lipinski definition) is 0. The van der Waals surface area contributed by atoms with Gasteiger partial charge in [-0.2, -0.15) is 0 Å². The summed E-state index contributed by atoms with van der Waals surface area (Å²) in [4.78, 5) is 16.9. The first-order valence-corrected chi connectivity index (χ1v) is 9.17. The van der Waals surface area contributed by atoms with E-state index in [0.717, 1.165) is 32.9 Å². The van der Waals surface area contributed by atoms with Gasteiger partial charge in [0.15, 0.2) is 0 Å². The molecule has 0 atom stereocenters. The molecule has 0 saturated heterocycles. The number of benzene rings is 2. The minimum atomic E-state index is -0.340. The van der Waals surface area contributed by atoms with Crippen molar-refractivity contribution in [3.63, 3.8) is 0 Å². The van der Waals surface area contributed by atoms with Crippen molar-refractivity contribution < 1.29 is 4.42 Å². The van der Waals surface area contributed by atoms with Crippen LogP contribution in [0.3, 0.4) is 0 Å². The predicted octanol–water partition coefficient (Wildman–Crippen LogP) is 5.01. The molecule has 0 unspecified atom stereocenters. The molecule has 0 bridgehead atoms. The second kappa shape index (κ2) is 5.91. The van der Waals surface area contributed by atoms with Crippen molar-refractivity contribution in [2.24, 2.45) is 0 Å². The number of fused-ring (bicyclic) bond motifs is 2. The predicted molar refractivity (Wildman–Crippen MR) is 98.6 cm³/mol. The van der Waals surface area contributed by atoms with Gasteiger partial charge in [0.05, 0.1) is 15.8 Å². The lowest BCUT2D eigenvalue weighted by molar-refractivity contribution is 0.563. The smallest absolute Gasteiger partial charge is 0.346 e. The largest absolute Gasteiger partial charge is 0.422 e. The molecule has 0 radical (unpaired) electrons. The zero-order chi connectivity index (χ0) is 15.8. The fraction of sp³-hybridized carbons (Fsp3) is 0.111. The van der Waals surface area contributed by atoms with Crippen molar-refractivity contribution in [3.8, 4) is 10.6 Å². The lowest BCUT2D eigenvalue weighted by Gasteiger charge is -2.02. The van der Waals surface area contributed by atoms with Crippen LogP contribution in [-0.2, 0) is 6.42 Å². The van der Waals surface area contributed by atoms with Gasteiger partial charge in [-0.05, 0) is 36.2 Å². The topological polar surface area (TPSA) is 43.1 Å². The lowest BCUT2D eigenvalue weighted by Crippen LogP contribution is -2.02. The molecule has 0 saturated carbocycles. The summed E-state index contributed by atoms with van der Waals surface area (Å²) in [6.45, 7) is 0. The summed E-state index contributed by atoms with van der Waals surface area (Å²) in [7, 11) is 0. The molecule has 114 valence electrons. The average molecular weight is 386 g/mol. The summed E-state index contributed by atoms with van der Waals surface area (Å²) in [6, 6.07) is 15.7. The van der Waals surface area contributed by atoms with Gasteiger partial charge in [0.1, 0.15) is 10.6 Å². The molecule has 5 heteroatoms. The Morgan fingerprint density at radius 3 is 2.83 bits per heavy atom. The van der Waals surface area contributed by atoms with E-state index in [-0.39, 0.29) is 5.63 Å². The maximum atomic E-state index is 12.4. The molecule has 2 heterocycles. The van der Waals surface area contributed by atoms with Gasteiger partial charge in [0.2, 0.25) is 0 Å². The quantitative estimate of drug-likeness (QED) is 0.367. The lowest BCUT2D eigenvalue weighted by atomic mass is 10.1. The molecule has 0 aliphatic rings. The van der Waals surface area contributed by atoms with Crippen LogP contribution in [0, 0.1) is 0 Å². The number of aryl methyl sites for hydroxylation is 1. The number of hydrogen-bond acceptors (Lipinski definition) is 4. The molecule has 0 fully saturated rings. The van der Waals surface area contributed by atoms with Crippen LogP contribution in [0.4, 0.5) is 0 Å². The SMILES string of the molecule is O=c1oc2cc(CCBr)ccc2cc1-c1nc2ccccc2s1. The summed E-state index contributed by atoms with van der Waals surface area (Å²) in [6.07, 6.45) is 0.902. The Kier molecular flexibility index (Phi) is 3.75. The summed E-state index contributed by atoms with van der Waals surface area (Å²) in [5.74, 6) is 0. The first-order chi connectivity index (χ1) is 11.2. The molecular weight excluding hydrogens is 374 g/mol. The molecule has 4 aromatic rings. The van der Waals surface area contributed by atoms with E-state index in [1.807, 2.05) is 42.5 Å². The second-order valence-corrected chi connectivity index (χ2v) is 7.07. The number of halogens is 1. The number of para-hydroxylation sites is 1. The van der Waals surface area contributed by atoms with Crippen molar-refractivity contribution >= 4 is 48.5 Å². The van der Waals surface area contributed by atoms with Crippen molar-refractivity contribution in [2.45, 2.75) is 6.42 Å². The summed E-state index contributed by atoms with van der Waals surface area (Å²) >= 11 is 4.93. The van der Waals surface area contributed by atoms with Gasteiger partial charge < -0.3 is 4.42 Å². The Labute approximate surface area is 144 Å². The first kappa shape index (κ1) is 14.6. The normalized spacial score (nSPS) is 11.3. The molecule has 0 spiro atoms. The fourth-order valence-corrected chi connectivity index (χ4v) is 3.98. The van der Waals surface area contributed by atoms with Crippen LogP contribution < -0.4 is 5.63 Å². The van der Waals surface area contributed by atoms with Crippen molar-refractivity contribution in [2.75, 3.05) is 5.33 Å². The molecule has 2 aromatic carbocycles. The van der Waals surface area contributed by atoms with E-state index >= 15 is 0 Å². The van der Waals surface area contributed by atoms with Crippen LogP contribution >= 0.6 is 27.3 Å². The molecule has 4 rings (SSSR count). The number of rotatable bonds is 3. The van der Waals surface area contributed by atoms with Gasteiger partial charge in [-0.3, -0.25) is 0 Å². The van der Waals surface area contributed by atoms with Gasteiger partial charge in [-0.1, -0.05) is 40.2 Å². The van der Waals surface area contributed by atoms with E-state index in [9.17, 15) is 4.79 Å². The van der Waals surface area contributed by atoms with Gasteiger partial charge >= 0.3 is 5.63 Å². The average Bonchev–Trinajstić information content (AvgIpc) is 2.98. The minimum Gasteiger partial charge on any atom is -0.422 e. The van der Waals surface area contributed by atoms with E-state index < -0.39 is 0 Å². The Balaban J connectivity index is 1.88. The molecular formula is C18H12BrNO2S. The zero-order valence-corrected chi connectivity index (χ0v) is 14.5. The molecule has 23 heavy (non-hydrogen) atoms. The summed E-state index contributed by atoms with van der Waals surface area (Å²) in [5.41, 5.74) is 2.85. The molecule has 0 aliphatic heterocycles. The van der Waals surface area contributed by atoms with Gasteiger partial charge in [0, 0.05) is 10.7 Å². The number of nitrogens with zero attached hydrogens (tertiary/aromatic N) is 1. The third-order valence-electron chi connectivity index (χ3n) is 3.71. The Hall–Kier alpha value is -1.98. The summed E-state index contributed by atoms with van der Waals surface area (Å²) in [5, 5.41) is 2.50. The van der Waals surface area contributed by atoms with Crippen molar-refractivity contribution in [3.05, 3.63) is 64.5 Å². The zero-order valence-electron chi connectivity index (χ0n) is 12.1. The maximum absolute atomic E-state index is 12.4. The highest BCUT2D eigenvalue weighted by Crippen LogP contribution is 2.29. The third kappa shape index (κ3) is 2.71. The molecule has 0 amide bonds. The standard InChI is InChI=1S/C18H12BrNO2S/c19-8-7-11-5-6-12-10-13(18(21)22-15(12)9-11)17-20-14-3-1-2-4-16(14)23-17/h1-6,9-10H,7-8H2. The van der Waals surface area contributed by atoms with Crippen molar-refractivity contribution in [1.82, 2.24) is 4.98 Å². The first-order valence-electron chi connectivity index (χ1n) is 7.23. The maximum Gasteiger partial charge on any atom is 0.346 e. The third-order valence-corrected chi connectivity index (χ3v) is 5.17. The van der Waals surface area contributed by atoms with Crippen LogP contribution in [0.25, 0.3) is 31.8 Å². The van der Waals surface area contributed by atoms with Gasteiger partial charge in [-0.15, -0.1) is 11.3 Å². The Morgan fingerprint density at radius 1 is 1.13 bits per heavy atom. The number of alkyl halides is 1. The van der Waals surface area contributed by atoms with Gasteiger partial charge in [0.25, 0.3) is 0 Å². The van der Waals surface area contributed by atoms with E-state index in [1.165, 1.54) is 11.3 Å². The van der Waals surface area contributed by atoms with Crippen LogP contribution in [0.1, 0.15) is 5.56 Å². The molecule has 0 N–H and O–H groups in total. The second-order valence-electron chi connectivity index (χ2n) is 5.25. The monoisotopic (exact) mass is 385 g/mol. The van der Waals surface area contributed by atoms with Crippen LogP contribution in [-0.4, -0.2) is 10.3 Å². The van der Waals surface area contributed by atoms with Crippen LogP contribution in [0.15, 0.2) is 57.7 Å². The highest BCUT2D eigenvalue weighted by atomic mass is 79.9. The van der Waals surface area contributed by atoms with E-state index in [2.05, 4.69) is 27.0 Å². The Morgan fingerprint density at radius 2 is 2.00 bits per heavy atom. The van der Waals surface area contributed by atoms with Crippen molar-refractivity contribution in [1.29, 1.82) is 0 Å². The molecule has 2 aromatic heterocycles. The highest BCUT2D eigenvalue weighted by Gasteiger charge is 2.12.